The molecule has 1 unspecified atom stereocenters. The molecule has 8 heteroatoms. The van der Waals surface area contributed by atoms with Gasteiger partial charge in [-0.2, -0.15) is 0 Å². The van der Waals surface area contributed by atoms with Crippen molar-refractivity contribution in [1.82, 2.24) is 14.3 Å². The van der Waals surface area contributed by atoms with Crippen LogP contribution < -0.4 is 11.3 Å². The minimum absolute atomic E-state index is 0.0684. The van der Waals surface area contributed by atoms with E-state index in [4.69, 9.17) is 5.73 Å². The summed E-state index contributed by atoms with van der Waals surface area (Å²) in [6, 6.07) is 1.75. The summed E-state index contributed by atoms with van der Waals surface area (Å²) >= 11 is 2.95. The molecule has 0 aliphatic carbocycles. The van der Waals surface area contributed by atoms with E-state index in [1.165, 1.54) is 27.5 Å². The van der Waals surface area contributed by atoms with Crippen molar-refractivity contribution in [3.8, 4) is 0 Å². The zero-order chi connectivity index (χ0) is 17.1. The minimum atomic E-state index is -0.0684. The van der Waals surface area contributed by atoms with Gasteiger partial charge in [0.25, 0.3) is 5.56 Å². The fourth-order valence-electron chi connectivity index (χ4n) is 2.97. The maximum Gasteiger partial charge on any atom is 0.258 e. The van der Waals surface area contributed by atoms with E-state index in [9.17, 15) is 9.59 Å². The number of thiazole rings is 1. The molecule has 2 aromatic heterocycles. The molecule has 0 radical (unpaired) electrons. The zero-order valence-electron chi connectivity index (χ0n) is 13.7. The molecule has 3 rings (SSSR count). The Balaban J connectivity index is 1.49. The second-order valence-electron chi connectivity index (χ2n) is 6.21. The van der Waals surface area contributed by atoms with E-state index in [0.717, 1.165) is 31.6 Å². The lowest BCUT2D eigenvalue weighted by Gasteiger charge is -2.33. The number of piperidine rings is 1. The molecular weight excluding hydrogens is 344 g/mol. The predicted octanol–water partition coefficient (Wildman–Crippen LogP) is 1.58. The molecule has 1 saturated heterocycles. The summed E-state index contributed by atoms with van der Waals surface area (Å²) in [7, 11) is 0. The van der Waals surface area contributed by atoms with Crippen LogP contribution in [0.15, 0.2) is 22.4 Å². The second-order valence-corrected chi connectivity index (χ2v) is 8.07. The zero-order valence-corrected chi connectivity index (χ0v) is 15.3. The van der Waals surface area contributed by atoms with Crippen LogP contribution in [0.1, 0.15) is 25.5 Å². The fourth-order valence-corrected chi connectivity index (χ4v) is 4.53. The molecule has 1 atom stereocenters. The van der Waals surface area contributed by atoms with Crippen LogP contribution in [0.4, 0.5) is 0 Å². The van der Waals surface area contributed by atoms with Gasteiger partial charge in [-0.25, -0.2) is 4.98 Å². The van der Waals surface area contributed by atoms with Gasteiger partial charge in [-0.3, -0.25) is 14.0 Å². The van der Waals surface area contributed by atoms with E-state index in [2.05, 4.69) is 4.98 Å². The molecule has 0 saturated carbocycles. The highest BCUT2D eigenvalue weighted by molar-refractivity contribution is 7.99. The Morgan fingerprint density at radius 2 is 2.25 bits per heavy atom. The molecule has 130 valence electrons. The van der Waals surface area contributed by atoms with Crippen LogP contribution in [-0.2, 0) is 10.5 Å². The molecular formula is C16H22N4O2S2. The Kier molecular flexibility index (Phi) is 5.57. The second kappa shape index (κ2) is 7.67. The lowest BCUT2D eigenvalue weighted by atomic mass is 9.91. The molecule has 6 nitrogen and oxygen atoms in total. The number of carbonyl (C=O) groups excluding carboxylic acids is 1. The Hall–Kier alpha value is -1.38. The van der Waals surface area contributed by atoms with Crippen molar-refractivity contribution >= 4 is 34.0 Å². The number of aromatic nitrogens is 2. The topological polar surface area (TPSA) is 80.7 Å². The molecule has 1 aliphatic rings. The highest BCUT2D eigenvalue weighted by Crippen LogP contribution is 2.20. The first-order chi connectivity index (χ1) is 11.5. The summed E-state index contributed by atoms with van der Waals surface area (Å²) in [5.74, 6) is 1.69. The summed E-state index contributed by atoms with van der Waals surface area (Å²) in [4.78, 5) is 31.3. The molecule has 0 aromatic carbocycles. The number of carbonyl (C=O) groups is 1. The lowest BCUT2D eigenvalue weighted by Crippen LogP contribution is -2.43. The highest BCUT2D eigenvalue weighted by atomic mass is 32.2. The largest absolute Gasteiger partial charge is 0.342 e. The number of thioether (sulfide) groups is 1. The Labute approximate surface area is 149 Å². The van der Waals surface area contributed by atoms with Gasteiger partial charge < -0.3 is 10.6 Å². The van der Waals surface area contributed by atoms with Crippen LogP contribution in [0, 0.1) is 5.92 Å². The number of rotatable bonds is 5. The third-order valence-electron chi connectivity index (χ3n) is 4.47. The molecule has 1 aliphatic heterocycles. The molecule has 0 bridgehead atoms. The van der Waals surface area contributed by atoms with Crippen LogP contribution in [0.2, 0.25) is 0 Å². The van der Waals surface area contributed by atoms with Crippen LogP contribution in [0.25, 0.3) is 4.96 Å². The normalized spacial score (nSPS) is 17.3. The van der Waals surface area contributed by atoms with E-state index >= 15 is 0 Å². The Morgan fingerprint density at radius 1 is 1.50 bits per heavy atom. The number of nitrogens with two attached hydrogens (primary N) is 1. The van der Waals surface area contributed by atoms with Gasteiger partial charge in [0.15, 0.2) is 4.96 Å². The summed E-state index contributed by atoms with van der Waals surface area (Å²) in [5.41, 5.74) is 6.60. The maximum absolute atomic E-state index is 12.3. The third kappa shape index (κ3) is 3.99. The van der Waals surface area contributed by atoms with Gasteiger partial charge in [0.05, 0.1) is 11.4 Å². The Bertz CT molecular complexity index is 763. The Morgan fingerprint density at radius 3 is 2.96 bits per heavy atom. The number of nitrogens with zero attached hydrogens (tertiary/aromatic N) is 3. The number of likely N-dealkylation sites (tertiary alicyclic amines) is 1. The third-order valence-corrected chi connectivity index (χ3v) is 6.18. The summed E-state index contributed by atoms with van der Waals surface area (Å²) in [6.45, 7) is 3.64. The molecule has 3 heterocycles. The van der Waals surface area contributed by atoms with Crippen molar-refractivity contribution in [3.05, 3.63) is 33.7 Å². The predicted molar refractivity (Wildman–Crippen MR) is 98.5 cm³/mol. The summed E-state index contributed by atoms with van der Waals surface area (Å²) in [6.07, 6.45) is 3.70. The minimum Gasteiger partial charge on any atom is -0.342 e. The standard InChI is InChI=1S/C16H22N4O2S2/c1-11(17)12-2-4-19(5-3-12)15(22)10-23-9-13-8-14(21)20-6-7-24-16(20)18-13/h6-8,11-12H,2-5,9-10,17H2,1H3. The average Bonchev–Trinajstić information content (AvgIpc) is 3.04. The van der Waals surface area contributed by atoms with Gasteiger partial charge in [0.1, 0.15) is 0 Å². The monoisotopic (exact) mass is 366 g/mol. The maximum atomic E-state index is 12.3. The number of hydrogen-bond donors (Lipinski definition) is 1. The van der Waals surface area contributed by atoms with Gasteiger partial charge in [0, 0.05) is 42.5 Å². The van der Waals surface area contributed by atoms with Crippen molar-refractivity contribution in [1.29, 1.82) is 0 Å². The van der Waals surface area contributed by atoms with Crippen molar-refractivity contribution in [3.63, 3.8) is 0 Å². The molecule has 1 amide bonds. The van der Waals surface area contributed by atoms with E-state index in [-0.39, 0.29) is 17.5 Å². The van der Waals surface area contributed by atoms with Crippen LogP contribution in [-0.4, -0.2) is 45.1 Å². The van der Waals surface area contributed by atoms with Gasteiger partial charge in [0.2, 0.25) is 5.91 Å². The van der Waals surface area contributed by atoms with Crippen LogP contribution in [0.5, 0.6) is 0 Å². The number of amides is 1. The van der Waals surface area contributed by atoms with Crippen molar-refractivity contribution in [2.75, 3.05) is 18.8 Å². The van der Waals surface area contributed by atoms with E-state index in [1.54, 1.807) is 12.3 Å². The van der Waals surface area contributed by atoms with Gasteiger partial charge in [-0.05, 0) is 25.7 Å². The number of fused-ring (bicyclic) bond motifs is 1. The summed E-state index contributed by atoms with van der Waals surface area (Å²) < 4.78 is 1.53. The quantitative estimate of drug-likeness (QED) is 0.869. The van der Waals surface area contributed by atoms with E-state index < -0.39 is 0 Å². The molecule has 2 N–H and O–H groups in total. The van der Waals surface area contributed by atoms with Gasteiger partial charge in [-0.1, -0.05) is 0 Å². The summed E-state index contributed by atoms with van der Waals surface area (Å²) in [5, 5.41) is 1.84. The molecule has 0 spiro atoms. The first kappa shape index (κ1) is 17.4. The lowest BCUT2D eigenvalue weighted by molar-refractivity contribution is -0.129. The number of hydrogen-bond acceptors (Lipinski definition) is 6. The average molecular weight is 367 g/mol. The van der Waals surface area contributed by atoms with Crippen LogP contribution >= 0.6 is 23.1 Å². The molecule has 2 aromatic rings. The first-order valence-corrected chi connectivity index (χ1v) is 10.1. The van der Waals surface area contributed by atoms with E-state index in [1.807, 2.05) is 17.2 Å². The van der Waals surface area contributed by atoms with Crippen molar-refractivity contribution in [2.24, 2.45) is 11.7 Å². The first-order valence-electron chi connectivity index (χ1n) is 8.11. The molecule has 24 heavy (non-hydrogen) atoms. The molecule has 1 fully saturated rings. The van der Waals surface area contributed by atoms with Gasteiger partial charge in [-0.15, -0.1) is 23.1 Å². The van der Waals surface area contributed by atoms with Crippen LogP contribution in [0.3, 0.4) is 0 Å². The van der Waals surface area contributed by atoms with E-state index in [0.29, 0.717) is 22.4 Å². The van der Waals surface area contributed by atoms with Crippen molar-refractivity contribution < 1.29 is 4.79 Å². The highest BCUT2D eigenvalue weighted by Gasteiger charge is 2.24. The fraction of sp³-hybridized carbons (Fsp3) is 0.562. The van der Waals surface area contributed by atoms with Gasteiger partial charge >= 0.3 is 0 Å². The SMILES string of the molecule is CC(N)C1CCN(C(=O)CSCc2cc(=O)n3ccsc3n2)CC1. The van der Waals surface area contributed by atoms with Crippen molar-refractivity contribution in [2.45, 2.75) is 31.6 Å². The smallest absolute Gasteiger partial charge is 0.258 e.